The molecule has 0 fully saturated rings. The van der Waals surface area contributed by atoms with Crippen LogP contribution in [0.3, 0.4) is 0 Å². The number of nitrogens with zero attached hydrogens (tertiary/aromatic N) is 2. The molecule has 0 amide bonds. The lowest BCUT2D eigenvalue weighted by atomic mass is 10.1. The zero-order valence-electron chi connectivity index (χ0n) is 10.9. The molecule has 1 aliphatic rings. The van der Waals surface area contributed by atoms with Crippen molar-refractivity contribution in [1.29, 1.82) is 0 Å². The third-order valence-electron chi connectivity index (χ3n) is 3.66. The molecule has 1 aromatic heterocycles. The molecule has 100 valence electrons. The largest absolute Gasteiger partial charge is 0.330 e. The van der Waals surface area contributed by atoms with E-state index in [0.29, 0.717) is 6.54 Å². The summed E-state index contributed by atoms with van der Waals surface area (Å²) in [7, 11) is 0. The number of benzene rings is 1. The van der Waals surface area contributed by atoms with Crippen LogP contribution in [0.2, 0.25) is 0 Å². The van der Waals surface area contributed by atoms with Gasteiger partial charge in [-0.15, -0.1) is 0 Å². The van der Waals surface area contributed by atoms with Gasteiger partial charge in [-0.25, -0.2) is 4.98 Å². The lowest BCUT2D eigenvalue weighted by Crippen LogP contribution is -2.13. The van der Waals surface area contributed by atoms with Crippen LogP contribution in [0.4, 0.5) is 0 Å². The summed E-state index contributed by atoms with van der Waals surface area (Å²) in [5, 5.41) is 0. The summed E-state index contributed by atoms with van der Waals surface area (Å²) in [5.74, 6) is 1.10. The van der Waals surface area contributed by atoms with Crippen molar-refractivity contribution in [2.75, 3.05) is 6.54 Å². The number of halogens is 1. The fraction of sp³-hybridized carbons (Fsp3) is 0.400. The minimum atomic E-state index is 0.669. The van der Waals surface area contributed by atoms with Crippen LogP contribution in [0.15, 0.2) is 28.7 Å². The van der Waals surface area contributed by atoms with Gasteiger partial charge in [0.05, 0.1) is 5.69 Å². The van der Waals surface area contributed by atoms with Gasteiger partial charge < -0.3 is 10.3 Å². The average Bonchev–Trinajstić information content (AvgIpc) is 2.79. The monoisotopic (exact) mass is 319 g/mol. The van der Waals surface area contributed by atoms with Crippen LogP contribution in [0.5, 0.6) is 0 Å². The molecule has 0 aliphatic carbocycles. The van der Waals surface area contributed by atoms with Crippen molar-refractivity contribution >= 4 is 15.9 Å². The first-order chi connectivity index (χ1) is 9.29. The zero-order chi connectivity index (χ0) is 13.2. The maximum absolute atomic E-state index is 5.71. The summed E-state index contributed by atoms with van der Waals surface area (Å²) in [5.41, 5.74) is 9.48. The van der Waals surface area contributed by atoms with E-state index in [9.17, 15) is 0 Å². The van der Waals surface area contributed by atoms with Crippen molar-refractivity contribution in [1.82, 2.24) is 9.55 Å². The van der Waals surface area contributed by atoms with E-state index in [1.54, 1.807) is 0 Å². The fourth-order valence-electron chi connectivity index (χ4n) is 2.80. The number of aromatic nitrogens is 2. The van der Waals surface area contributed by atoms with Crippen LogP contribution < -0.4 is 5.73 Å². The Balaban J connectivity index is 2.10. The predicted octanol–water partition coefficient (Wildman–Crippen LogP) is 3.15. The summed E-state index contributed by atoms with van der Waals surface area (Å²) in [6.45, 7) is 1.75. The first kappa shape index (κ1) is 12.9. The molecule has 2 heterocycles. The second kappa shape index (κ2) is 5.47. The summed E-state index contributed by atoms with van der Waals surface area (Å²) in [6.07, 6.45) is 4.52. The first-order valence-electron chi connectivity index (χ1n) is 6.84. The van der Waals surface area contributed by atoms with Gasteiger partial charge in [-0.05, 0) is 37.9 Å². The van der Waals surface area contributed by atoms with E-state index >= 15 is 0 Å². The SMILES string of the molecule is NCCc1nc(-c2cccc(Br)c2)n2c1CCCC2. The van der Waals surface area contributed by atoms with E-state index < -0.39 is 0 Å². The number of rotatable bonds is 3. The predicted molar refractivity (Wildman–Crippen MR) is 81.1 cm³/mol. The molecule has 1 aliphatic heterocycles. The zero-order valence-corrected chi connectivity index (χ0v) is 12.5. The molecular weight excluding hydrogens is 302 g/mol. The topological polar surface area (TPSA) is 43.8 Å². The van der Waals surface area contributed by atoms with Gasteiger partial charge in [-0.3, -0.25) is 0 Å². The lowest BCUT2D eigenvalue weighted by molar-refractivity contribution is 0.533. The maximum Gasteiger partial charge on any atom is 0.140 e. The summed E-state index contributed by atoms with van der Waals surface area (Å²) < 4.78 is 3.48. The Hall–Kier alpha value is -1.13. The number of hydrogen-bond donors (Lipinski definition) is 1. The number of imidazole rings is 1. The normalized spacial score (nSPS) is 14.4. The highest BCUT2D eigenvalue weighted by Crippen LogP contribution is 2.29. The van der Waals surface area contributed by atoms with Gasteiger partial charge in [-0.2, -0.15) is 0 Å². The molecule has 0 unspecified atom stereocenters. The molecule has 0 bridgehead atoms. The molecule has 19 heavy (non-hydrogen) atoms. The van der Waals surface area contributed by atoms with Crippen LogP contribution in [0.1, 0.15) is 24.2 Å². The molecule has 3 rings (SSSR count). The molecule has 0 radical (unpaired) electrons. The highest BCUT2D eigenvalue weighted by atomic mass is 79.9. The van der Waals surface area contributed by atoms with Crippen LogP contribution >= 0.6 is 15.9 Å². The van der Waals surface area contributed by atoms with Gasteiger partial charge in [0.25, 0.3) is 0 Å². The standard InChI is InChI=1S/C15H18BrN3/c16-12-5-3-4-11(10-12)15-18-13(7-8-17)14-6-1-2-9-19(14)15/h3-5,10H,1-2,6-9,17H2. The van der Waals surface area contributed by atoms with E-state index in [1.165, 1.54) is 29.8 Å². The Morgan fingerprint density at radius 1 is 1.32 bits per heavy atom. The van der Waals surface area contributed by atoms with Crippen molar-refractivity contribution < 1.29 is 0 Å². The molecule has 0 atom stereocenters. The quantitative estimate of drug-likeness (QED) is 0.944. The van der Waals surface area contributed by atoms with E-state index in [4.69, 9.17) is 10.7 Å². The molecule has 0 spiro atoms. The van der Waals surface area contributed by atoms with E-state index in [1.807, 2.05) is 6.07 Å². The van der Waals surface area contributed by atoms with Gasteiger partial charge >= 0.3 is 0 Å². The average molecular weight is 320 g/mol. The summed E-state index contributed by atoms with van der Waals surface area (Å²) >= 11 is 3.54. The van der Waals surface area contributed by atoms with Gasteiger partial charge in [0.15, 0.2) is 0 Å². The van der Waals surface area contributed by atoms with Crippen LogP contribution in [-0.4, -0.2) is 16.1 Å². The minimum absolute atomic E-state index is 0.669. The molecule has 3 nitrogen and oxygen atoms in total. The Bertz CT molecular complexity index is 589. The van der Waals surface area contributed by atoms with Crippen LogP contribution in [0, 0.1) is 0 Å². The maximum atomic E-state index is 5.71. The smallest absolute Gasteiger partial charge is 0.140 e. The molecule has 1 aromatic carbocycles. The summed E-state index contributed by atoms with van der Waals surface area (Å²) in [6, 6.07) is 8.37. The Kier molecular flexibility index (Phi) is 3.71. The van der Waals surface area contributed by atoms with Crippen molar-refractivity contribution in [3.63, 3.8) is 0 Å². The fourth-order valence-corrected chi connectivity index (χ4v) is 3.20. The Morgan fingerprint density at radius 3 is 3.00 bits per heavy atom. The van der Waals surface area contributed by atoms with Crippen molar-refractivity contribution in [2.24, 2.45) is 5.73 Å². The number of nitrogens with two attached hydrogens (primary N) is 1. The second-order valence-corrected chi connectivity index (χ2v) is 5.90. The molecule has 4 heteroatoms. The Morgan fingerprint density at radius 2 is 2.21 bits per heavy atom. The number of fused-ring (bicyclic) bond motifs is 1. The second-order valence-electron chi connectivity index (χ2n) is 4.99. The highest BCUT2D eigenvalue weighted by Gasteiger charge is 2.20. The molecule has 2 N–H and O–H groups in total. The van der Waals surface area contributed by atoms with Crippen molar-refractivity contribution in [2.45, 2.75) is 32.2 Å². The third kappa shape index (κ3) is 2.47. The molecule has 0 saturated heterocycles. The highest BCUT2D eigenvalue weighted by molar-refractivity contribution is 9.10. The first-order valence-corrected chi connectivity index (χ1v) is 7.63. The Labute approximate surface area is 122 Å². The minimum Gasteiger partial charge on any atom is -0.330 e. The van der Waals surface area contributed by atoms with Gasteiger partial charge in [-0.1, -0.05) is 28.1 Å². The third-order valence-corrected chi connectivity index (χ3v) is 4.16. The van der Waals surface area contributed by atoms with E-state index in [2.05, 4.69) is 38.7 Å². The molecular formula is C15H18BrN3. The lowest BCUT2D eigenvalue weighted by Gasteiger charge is -2.17. The molecule has 2 aromatic rings. The number of hydrogen-bond acceptors (Lipinski definition) is 2. The van der Waals surface area contributed by atoms with Gasteiger partial charge in [0.2, 0.25) is 0 Å². The van der Waals surface area contributed by atoms with E-state index in [0.717, 1.165) is 29.7 Å². The van der Waals surface area contributed by atoms with Crippen molar-refractivity contribution in [3.05, 3.63) is 40.1 Å². The van der Waals surface area contributed by atoms with Crippen LogP contribution in [-0.2, 0) is 19.4 Å². The summed E-state index contributed by atoms with van der Waals surface area (Å²) in [4.78, 5) is 4.86. The molecule has 0 saturated carbocycles. The van der Waals surface area contributed by atoms with E-state index in [-0.39, 0.29) is 0 Å². The van der Waals surface area contributed by atoms with Gasteiger partial charge in [0, 0.05) is 28.7 Å². The van der Waals surface area contributed by atoms with Gasteiger partial charge in [0.1, 0.15) is 5.82 Å². The van der Waals surface area contributed by atoms with Crippen molar-refractivity contribution in [3.8, 4) is 11.4 Å². The van der Waals surface area contributed by atoms with Crippen LogP contribution in [0.25, 0.3) is 11.4 Å².